The van der Waals surface area contributed by atoms with Crippen molar-refractivity contribution in [3.63, 3.8) is 0 Å². The maximum absolute atomic E-state index is 13.1. The molecule has 23 heavy (non-hydrogen) atoms. The predicted molar refractivity (Wildman–Crippen MR) is 79.8 cm³/mol. The minimum atomic E-state index is -4.58. The van der Waals surface area contributed by atoms with Gasteiger partial charge in [0.2, 0.25) is 0 Å². The van der Waals surface area contributed by atoms with E-state index in [1.807, 2.05) is 0 Å². The molecule has 0 aliphatic carbocycles. The zero-order valence-corrected chi connectivity index (χ0v) is 12.4. The van der Waals surface area contributed by atoms with Gasteiger partial charge in [-0.05, 0) is 19.1 Å². The molecule has 3 aromatic rings. The third kappa shape index (κ3) is 2.62. The summed E-state index contributed by atoms with van der Waals surface area (Å²) in [4.78, 5) is 7.95. The Bertz CT molecular complexity index is 878. The van der Waals surface area contributed by atoms with E-state index in [0.29, 0.717) is 22.0 Å². The van der Waals surface area contributed by atoms with E-state index in [1.54, 1.807) is 25.1 Å². The largest absolute Gasteiger partial charge is 0.496 e. The molecule has 0 spiro atoms. The van der Waals surface area contributed by atoms with Crippen molar-refractivity contribution in [3.05, 3.63) is 36.2 Å². The standard InChI is InChI=1S/C16H13F3N2O2/c1-3-23-11-8-12(16(17,18)19)21-15-13(11)10(22-2)7-9-5-4-6-20-14(9)15/h4-8H,3H2,1-2H3. The minimum Gasteiger partial charge on any atom is -0.496 e. The third-order valence-electron chi connectivity index (χ3n) is 3.39. The van der Waals surface area contributed by atoms with Crippen molar-refractivity contribution in [2.75, 3.05) is 13.7 Å². The lowest BCUT2D eigenvalue weighted by molar-refractivity contribution is -0.141. The number of methoxy groups -OCH3 is 1. The fraction of sp³-hybridized carbons (Fsp3) is 0.250. The molecule has 0 N–H and O–H groups in total. The van der Waals surface area contributed by atoms with Gasteiger partial charge >= 0.3 is 6.18 Å². The summed E-state index contributed by atoms with van der Waals surface area (Å²) in [5.74, 6) is 0.472. The molecule has 4 nitrogen and oxygen atoms in total. The van der Waals surface area contributed by atoms with Crippen LogP contribution in [0.2, 0.25) is 0 Å². The molecular weight excluding hydrogens is 309 g/mol. The fourth-order valence-electron chi connectivity index (χ4n) is 2.45. The Morgan fingerprint density at radius 1 is 1.13 bits per heavy atom. The van der Waals surface area contributed by atoms with Gasteiger partial charge in [0.25, 0.3) is 0 Å². The van der Waals surface area contributed by atoms with Gasteiger partial charge in [-0.3, -0.25) is 4.98 Å². The van der Waals surface area contributed by atoms with E-state index in [-0.39, 0.29) is 17.9 Å². The molecule has 0 atom stereocenters. The first-order valence-electron chi connectivity index (χ1n) is 6.92. The molecule has 0 unspecified atom stereocenters. The summed E-state index contributed by atoms with van der Waals surface area (Å²) >= 11 is 0. The van der Waals surface area contributed by atoms with Crippen molar-refractivity contribution >= 4 is 21.8 Å². The second kappa shape index (κ2) is 5.57. The van der Waals surface area contributed by atoms with Crippen LogP contribution in [0.1, 0.15) is 12.6 Å². The first-order chi connectivity index (χ1) is 11.0. The molecule has 0 radical (unpaired) electrons. The first kappa shape index (κ1) is 15.3. The summed E-state index contributed by atoms with van der Waals surface area (Å²) in [6.07, 6.45) is -3.07. The van der Waals surface area contributed by atoms with E-state index < -0.39 is 11.9 Å². The summed E-state index contributed by atoms with van der Waals surface area (Å²) in [6.45, 7) is 1.92. The van der Waals surface area contributed by atoms with Crippen LogP contribution < -0.4 is 9.47 Å². The van der Waals surface area contributed by atoms with Crippen LogP contribution >= 0.6 is 0 Å². The quantitative estimate of drug-likeness (QED) is 0.678. The second-order valence-corrected chi connectivity index (χ2v) is 4.81. The number of benzene rings is 1. The topological polar surface area (TPSA) is 44.2 Å². The van der Waals surface area contributed by atoms with Crippen LogP contribution in [0.5, 0.6) is 11.5 Å². The Balaban J connectivity index is 2.50. The number of halogens is 3. The van der Waals surface area contributed by atoms with Gasteiger partial charge in [-0.1, -0.05) is 6.07 Å². The van der Waals surface area contributed by atoms with Gasteiger partial charge in [0, 0.05) is 17.6 Å². The number of hydrogen-bond acceptors (Lipinski definition) is 4. The normalized spacial score (nSPS) is 11.9. The number of alkyl halides is 3. The highest BCUT2D eigenvalue weighted by molar-refractivity contribution is 6.08. The molecule has 0 saturated heterocycles. The average molecular weight is 322 g/mol. The molecule has 2 aromatic heterocycles. The fourth-order valence-corrected chi connectivity index (χ4v) is 2.45. The molecule has 3 rings (SSSR count). The van der Waals surface area contributed by atoms with E-state index in [4.69, 9.17) is 9.47 Å². The van der Waals surface area contributed by atoms with Crippen molar-refractivity contribution in [1.82, 2.24) is 9.97 Å². The molecule has 7 heteroatoms. The van der Waals surface area contributed by atoms with Crippen LogP contribution in [0.25, 0.3) is 21.8 Å². The average Bonchev–Trinajstić information content (AvgIpc) is 2.53. The molecule has 1 aromatic carbocycles. The highest BCUT2D eigenvalue weighted by Crippen LogP contribution is 2.41. The van der Waals surface area contributed by atoms with Gasteiger partial charge in [-0.15, -0.1) is 0 Å². The highest BCUT2D eigenvalue weighted by Gasteiger charge is 2.34. The smallest absolute Gasteiger partial charge is 0.433 e. The van der Waals surface area contributed by atoms with Crippen LogP contribution in [0.3, 0.4) is 0 Å². The maximum atomic E-state index is 13.1. The van der Waals surface area contributed by atoms with E-state index in [9.17, 15) is 13.2 Å². The van der Waals surface area contributed by atoms with Crippen LogP contribution in [0, 0.1) is 0 Å². The van der Waals surface area contributed by atoms with E-state index in [2.05, 4.69) is 9.97 Å². The lowest BCUT2D eigenvalue weighted by Gasteiger charge is -2.15. The molecule has 0 amide bonds. The molecule has 0 saturated carbocycles. The number of aromatic nitrogens is 2. The van der Waals surface area contributed by atoms with Crippen molar-refractivity contribution in [1.29, 1.82) is 0 Å². The van der Waals surface area contributed by atoms with Crippen molar-refractivity contribution in [2.45, 2.75) is 13.1 Å². The van der Waals surface area contributed by atoms with Gasteiger partial charge < -0.3 is 9.47 Å². The van der Waals surface area contributed by atoms with Crippen LogP contribution in [-0.2, 0) is 6.18 Å². The van der Waals surface area contributed by atoms with Gasteiger partial charge in [-0.2, -0.15) is 13.2 Å². The number of hydrogen-bond donors (Lipinski definition) is 0. The number of pyridine rings is 2. The van der Waals surface area contributed by atoms with Crippen LogP contribution in [0.15, 0.2) is 30.5 Å². The molecule has 0 aliphatic heterocycles. The van der Waals surface area contributed by atoms with Gasteiger partial charge in [0.15, 0.2) is 0 Å². The lowest BCUT2D eigenvalue weighted by atomic mass is 10.1. The number of nitrogens with zero attached hydrogens (tertiary/aromatic N) is 2. The summed E-state index contributed by atoms with van der Waals surface area (Å²) < 4.78 is 50.2. The SMILES string of the molecule is CCOc1cc(C(F)(F)F)nc2c1c(OC)cc1cccnc12. The Hall–Kier alpha value is -2.57. The summed E-state index contributed by atoms with van der Waals surface area (Å²) in [5, 5.41) is 1.03. The zero-order chi connectivity index (χ0) is 16.6. The first-order valence-corrected chi connectivity index (χ1v) is 6.92. The third-order valence-corrected chi connectivity index (χ3v) is 3.39. The Morgan fingerprint density at radius 2 is 1.91 bits per heavy atom. The van der Waals surface area contributed by atoms with E-state index >= 15 is 0 Å². The Morgan fingerprint density at radius 3 is 2.57 bits per heavy atom. The maximum Gasteiger partial charge on any atom is 0.433 e. The zero-order valence-electron chi connectivity index (χ0n) is 12.4. The molecular formula is C16H13F3N2O2. The number of rotatable bonds is 3. The van der Waals surface area contributed by atoms with Crippen LogP contribution in [0.4, 0.5) is 13.2 Å². The van der Waals surface area contributed by atoms with Crippen LogP contribution in [-0.4, -0.2) is 23.7 Å². The number of fused-ring (bicyclic) bond motifs is 3. The van der Waals surface area contributed by atoms with Crippen molar-refractivity contribution < 1.29 is 22.6 Å². The highest BCUT2D eigenvalue weighted by atomic mass is 19.4. The summed E-state index contributed by atoms with van der Waals surface area (Å²) in [5.41, 5.74) is -0.540. The molecule has 0 bridgehead atoms. The van der Waals surface area contributed by atoms with E-state index in [0.717, 1.165) is 6.07 Å². The second-order valence-electron chi connectivity index (χ2n) is 4.81. The summed E-state index contributed by atoms with van der Waals surface area (Å²) in [7, 11) is 1.45. The molecule has 0 aliphatic rings. The Labute approximate surface area is 129 Å². The number of ether oxygens (including phenoxy) is 2. The summed E-state index contributed by atoms with van der Waals surface area (Å²) in [6, 6.07) is 6.04. The molecule has 0 fully saturated rings. The Kier molecular flexibility index (Phi) is 3.71. The van der Waals surface area contributed by atoms with Crippen molar-refractivity contribution in [2.24, 2.45) is 0 Å². The van der Waals surface area contributed by atoms with Gasteiger partial charge in [0.1, 0.15) is 22.7 Å². The van der Waals surface area contributed by atoms with Gasteiger partial charge in [-0.25, -0.2) is 4.98 Å². The molecule has 2 heterocycles. The minimum absolute atomic E-state index is 0.0780. The van der Waals surface area contributed by atoms with E-state index in [1.165, 1.54) is 13.3 Å². The van der Waals surface area contributed by atoms with Gasteiger partial charge in [0.05, 0.1) is 24.6 Å². The lowest BCUT2D eigenvalue weighted by Crippen LogP contribution is -2.09. The molecule has 120 valence electrons. The monoisotopic (exact) mass is 322 g/mol. The van der Waals surface area contributed by atoms with Crippen molar-refractivity contribution in [3.8, 4) is 11.5 Å². The predicted octanol–water partition coefficient (Wildman–Crippen LogP) is 4.21.